The summed E-state index contributed by atoms with van der Waals surface area (Å²) in [6.45, 7) is 6.20. The quantitative estimate of drug-likeness (QED) is 0.386. The Balaban J connectivity index is 1.50. The van der Waals surface area contributed by atoms with Gasteiger partial charge in [-0.15, -0.1) is 0 Å². The molecule has 4 heterocycles. The molecule has 0 unspecified atom stereocenters. The number of ether oxygens (including phenoxy) is 3. The first-order valence-electron chi connectivity index (χ1n) is 12.7. The van der Waals surface area contributed by atoms with Crippen molar-refractivity contribution in [2.45, 2.75) is 33.7 Å². The zero-order valence-corrected chi connectivity index (χ0v) is 22.1. The Morgan fingerprint density at radius 3 is 2.50 bits per heavy atom. The molecule has 0 fully saturated rings. The number of aromatic amines is 1. The lowest BCUT2D eigenvalue weighted by molar-refractivity contribution is 0.0519. The number of rotatable bonds is 4. The van der Waals surface area contributed by atoms with Gasteiger partial charge in [-0.25, -0.2) is 0 Å². The average Bonchev–Trinajstić information content (AvgIpc) is 3.52. The van der Waals surface area contributed by atoms with Gasteiger partial charge in [0.1, 0.15) is 12.5 Å². The summed E-state index contributed by atoms with van der Waals surface area (Å²) in [7, 11) is 3.71. The number of benzene rings is 2. The summed E-state index contributed by atoms with van der Waals surface area (Å²) in [5.41, 5.74) is 10.1. The van der Waals surface area contributed by atoms with Crippen molar-refractivity contribution >= 4 is 5.57 Å². The van der Waals surface area contributed by atoms with E-state index in [2.05, 4.69) is 29.2 Å². The average molecular weight is 510 g/mol. The fourth-order valence-electron chi connectivity index (χ4n) is 5.15. The van der Waals surface area contributed by atoms with E-state index in [1.807, 2.05) is 50.2 Å². The van der Waals surface area contributed by atoms with E-state index in [1.165, 1.54) is 11.1 Å². The normalized spacial score (nSPS) is 16.3. The molecule has 7 nitrogen and oxygen atoms in total. The lowest BCUT2D eigenvalue weighted by Crippen LogP contribution is -2.20. The molecule has 194 valence electrons. The largest absolute Gasteiger partial charge is 0.455 e. The summed E-state index contributed by atoms with van der Waals surface area (Å²) in [6, 6.07) is 16.3. The first-order valence-corrected chi connectivity index (χ1v) is 12.7. The molecule has 0 saturated carbocycles. The number of H-pyrrole nitrogens is 1. The number of para-hydroxylation sites is 1. The Labute approximate surface area is 221 Å². The van der Waals surface area contributed by atoms with Crippen molar-refractivity contribution in [2.75, 3.05) is 13.8 Å². The second kappa shape index (κ2) is 9.67. The highest BCUT2D eigenvalue weighted by Gasteiger charge is 2.23. The maximum absolute atomic E-state index is 12.9. The van der Waals surface area contributed by atoms with Crippen LogP contribution in [0.2, 0.25) is 0 Å². The minimum absolute atomic E-state index is 0.105. The molecule has 0 spiro atoms. The first-order chi connectivity index (χ1) is 18.4. The second-order valence-electron chi connectivity index (χ2n) is 10.2. The molecule has 0 amide bonds. The van der Waals surface area contributed by atoms with E-state index < -0.39 is 0 Å². The van der Waals surface area contributed by atoms with Gasteiger partial charge in [0.25, 0.3) is 5.56 Å². The lowest BCUT2D eigenvalue weighted by atomic mass is 9.97. The van der Waals surface area contributed by atoms with Gasteiger partial charge in [-0.2, -0.15) is 0 Å². The van der Waals surface area contributed by atoms with Gasteiger partial charge in [-0.1, -0.05) is 30.3 Å². The standard InChI is InChI=1S/C31H31N3O4/c1-19-6-5-7-20(2)31(19)38-29-14-34(4)30(35)12-25(29)26-13-33(3)18-37-17-28-24(26)11-27(32-28)21-8-9-22-15-36-16-23(22)10-21/h5-14,32H,15-18H2,1-4H3/b26-13+. The van der Waals surface area contributed by atoms with Crippen LogP contribution in [0.25, 0.3) is 16.8 Å². The number of hydrogen-bond donors (Lipinski definition) is 1. The molecule has 6 rings (SSSR count). The maximum Gasteiger partial charge on any atom is 0.251 e. The highest BCUT2D eigenvalue weighted by molar-refractivity contribution is 5.86. The number of nitrogens with one attached hydrogen (secondary N) is 1. The summed E-state index contributed by atoms with van der Waals surface area (Å²) < 4.78 is 19.7. The van der Waals surface area contributed by atoms with Crippen LogP contribution in [0, 0.1) is 13.8 Å². The molecule has 38 heavy (non-hydrogen) atoms. The number of fused-ring (bicyclic) bond motifs is 2. The van der Waals surface area contributed by atoms with E-state index >= 15 is 0 Å². The van der Waals surface area contributed by atoms with Crippen molar-refractivity contribution in [3.05, 3.63) is 110 Å². The number of aromatic nitrogens is 2. The molecule has 2 aliphatic rings. The van der Waals surface area contributed by atoms with E-state index in [4.69, 9.17) is 14.2 Å². The molecule has 1 N–H and O–H groups in total. The van der Waals surface area contributed by atoms with Crippen LogP contribution in [-0.4, -0.2) is 28.2 Å². The molecule has 0 bridgehead atoms. The van der Waals surface area contributed by atoms with Crippen LogP contribution in [0.3, 0.4) is 0 Å². The van der Waals surface area contributed by atoms with Gasteiger partial charge in [0.15, 0.2) is 5.75 Å². The predicted molar refractivity (Wildman–Crippen MR) is 147 cm³/mol. The van der Waals surface area contributed by atoms with Crippen LogP contribution in [0.5, 0.6) is 11.5 Å². The smallest absolute Gasteiger partial charge is 0.251 e. The summed E-state index contributed by atoms with van der Waals surface area (Å²) >= 11 is 0. The van der Waals surface area contributed by atoms with E-state index in [0.29, 0.717) is 32.3 Å². The molecular formula is C31H31N3O4. The van der Waals surface area contributed by atoms with Crippen LogP contribution in [0.4, 0.5) is 0 Å². The molecule has 0 saturated heterocycles. The first kappa shape index (κ1) is 24.3. The van der Waals surface area contributed by atoms with E-state index in [0.717, 1.165) is 50.5 Å². The van der Waals surface area contributed by atoms with E-state index in [9.17, 15) is 4.79 Å². The molecule has 2 aromatic carbocycles. The summed E-state index contributed by atoms with van der Waals surface area (Å²) in [4.78, 5) is 18.5. The second-order valence-corrected chi connectivity index (χ2v) is 10.2. The van der Waals surface area contributed by atoms with Crippen LogP contribution in [0.1, 0.15) is 39.1 Å². The van der Waals surface area contributed by atoms with Crippen molar-refractivity contribution in [1.29, 1.82) is 0 Å². The molecule has 0 radical (unpaired) electrons. The van der Waals surface area contributed by atoms with Gasteiger partial charge in [0, 0.05) is 54.4 Å². The van der Waals surface area contributed by atoms with E-state index in [1.54, 1.807) is 23.9 Å². The molecule has 0 atom stereocenters. The zero-order chi connectivity index (χ0) is 26.4. The number of hydrogen-bond acceptors (Lipinski definition) is 5. The lowest BCUT2D eigenvalue weighted by Gasteiger charge is -2.23. The molecule has 2 aliphatic heterocycles. The molecule has 2 aromatic heterocycles. The maximum atomic E-state index is 12.9. The minimum Gasteiger partial charge on any atom is -0.455 e. The van der Waals surface area contributed by atoms with Gasteiger partial charge in [0.05, 0.1) is 26.0 Å². The molecule has 4 aromatic rings. The van der Waals surface area contributed by atoms with Crippen LogP contribution < -0.4 is 10.3 Å². The van der Waals surface area contributed by atoms with Crippen LogP contribution >= 0.6 is 0 Å². The minimum atomic E-state index is -0.105. The monoisotopic (exact) mass is 509 g/mol. The van der Waals surface area contributed by atoms with Crippen molar-refractivity contribution in [2.24, 2.45) is 7.05 Å². The fourth-order valence-corrected chi connectivity index (χ4v) is 5.15. The Bertz CT molecular complexity index is 1610. The SMILES string of the molecule is Cc1cccc(C)c1Oc1cn(C)c(=O)cc1/C1=C/N(C)COCc2[nH]c(-c3ccc4c(c3)COC4)cc21. The number of aryl methyl sites for hydroxylation is 3. The third-order valence-electron chi connectivity index (χ3n) is 7.22. The number of nitrogens with zero attached hydrogens (tertiary/aromatic N) is 2. The fraction of sp³-hybridized carbons (Fsp3) is 0.258. The Morgan fingerprint density at radius 1 is 0.895 bits per heavy atom. The van der Waals surface area contributed by atoms with Gasteiger partial charge >= 0.3 is 0 Å². The van der Waals surface area contributed by atoms with Crippen molar-refractivity contribution < 1.29 is 14.2 Å². The highest BCUT2D eigenvalue weighted by Crippen LogP contribution is 2.39. The van der Waals surface area contributed by atoms with Gasteiger partial charge in [-0.3, -0.25) is 4.79 Å². The summed E-state index contributed by atoms with van der Waals surface area (Å²) in [6.07, 6.45) is 3.80. The van der Waals surface area contributed by atoms with Crippen LogP contribution in [-0.2, 0) is 36.3 Å². The Hall–Kier alpha value is -4.07. The molecule has 7 heteroatoms. The van der Waals surface area contributed by atoms with Crippen molar-refractivity contribution in [3.63, 3.8) is 0 Å². The third-order valence-corrected chi connectivity index (χ3v) is 7.22. The summed E-state index contributed by atoms with van der Waals surface area (Å²) in [5.74, 6) is 1.42. The number of pyridine rings is 1. The van der Waals surface area contributed by atoms with Gasteiger partial charge < -0.3 is 28.7 Å². The molecule has 0 aliphatic carbocycles. The Morgan fingerprint density at radius 2 is 1.68 bits per heavy atom. The highest BCUT2D eigenvalue weighted by atomic mass is 16.5. The zero-order valence-electron chi connectivity index (χ0n) is 22.1. The Kier molecular flexibility index (Phi) is 6.18. The van der Waals surface area contributed by atoms with E-state index in [-0.39, 0.29) is 5.56 Å². The van der Waals surface area contributed by atoms with Crippen LogP contribution in [0.15, 0.2) is 65.7 Å². The predicted octanol–water partition coefficient (Wildman–Crippen LogP) is 5.63. The topological polar surface area (TPSA) is 68.7 Å². The molecular weight excluding hydrogens is 478 g/mol. The van der Waals surface area contributed by atoms with Crippen molar-refractivity contribution in [1.82, 2.24) is 14.5 Å². The van der Waals surface area contributed by atoms with Gasteiger partial charge in [0.2, 0.25) is 0 Å². The summed E-state index contributed by atoms with van der Waals surface area (Å²) in [5, 5.41) is 0. The van der Waals surface area contributed by atoms with Gasteiger partial charge in [-0.05, 0) is 53.8 Å². The van der Waals surface area contributed by atoms with Crippen molar-refractivity contribution in [3.8, 4) is 22.8 Å². The third kappa shape index (κ3) is 4.44.